The summed E-state index contributed by atoms with van der Waals surface area (Å²) >= 11 is 3.49. The van der Waals surface area contributed by atoms with E-state index < -0.39 is 0 Å². The second kappa shape index (κ2) is 10.1. The molecule has 2 heterocycles. The predicted octanol–water partition coefficient (Wildman–Crippen LogP) is 3.49. The van der Waals surface area contributed by atoms with Gasteiger partial charge in [0.05, 0.1) is 35.9 Å². The minimum Gasteiger partial charge on any atom is -0.444 e. The normalized spacial score (nSPS) is 19.6. The van der Waals surface area contributed by atoms with Gasteiger partial charge in [-0.05, 0) is 46.8 Å². The summed E-state index contributed by atoms with van der Waals surface area (Å²) in [7, 11) is 1.71. The zero-order valence-corrected chi connectivity index (χ0v) is 18.8. The quantitative estimate of drug-likeness (QED) is 0.484. The number of hydrogen-bond donors (Lipinski definition) is 2. The molecule has 1 atom stereocenters. The van der Waals surface area contributed by atoms with Gasteiger partial charge in [-0.3, -0.25) is 9.88 Å². The van der Waals surface area contributed by atoms with Crippen LogP contribution in [0.2, 0.25) is 0 Å². The van der Waals surface area contributed by atoms with Gasteiger partial charge in [-0.1, -0.05) is 33.6 Å². The number of rotatable bonds is 7. The lowest BCUT2D eigenvalue weighted by molar-refractivity contribution is 0.126. The van der Waals surface area contributed by atoms with Crippen molar-refractivity contribution in [2.75, 3.05) is 20.1 Å². The third-order valence-corrected chi connectivity index (χ3v) is 5.57. The van der Waals surface area contributed by atoms with Crippen LogP contribution in [0.4, 0.5) is 4.79 Å². The summed E-state index contributed by atoms with van der Waals surface area (Å²) in [6.45, 7) is 6.92. The van der Waals surface area contributed by atoms with E-state index in [-0.39, 0.29) is 12.2 Å². The Bertz CT molecular complexity index is 719. The lowest BCUT2D eigenvalue weighted by Gasteiger charge is -2.23. The van der Waals surface area contributed by atoms with Crippen LogP contribution in [0.1, 0.15) is 51.4 Å². The standard InChI is InChI=1S/C18H26BrN5O2.C2H6/c1-3-14-13(19)6-7-15(22-14)17(20)16(23(2)21)10-24-9-12(26-18(24)25)8-11-4-5-11;1-2/h6-7,11-12H,3-5,8-10,20-21H2,1-2H3;1-2H3/b17-16-;. The molecule has 8 heteroatoms. The maximum Gasteiger partial charge on any atom is 0.410 e. The highest BCUT2D eigenvalue weighted by Gasteiger charge is 2.36. The van der Waals surface area contributed by atoms with Gasteiger partial charge in [0, 0.05) is 11.5 Å². The van der Waals surface area contributed by atoms with Gasteiger partial charge < -0.3 is 15.5 Å². The van der Waals surface area contributed by atoms with E-state index in [0.29, 0.717) is 36.1 Å². The molecule has 1 aliphatic heterocycles. The SMILES string of the molecule is CC.CCc1nc(/C(N)=C(\CN2CC(CC3CC3)OC2=O)N(C)N)ccc1Br. The van der Waals surface area contributed by atoms with Crippen molar-refractivity contribution in [2.45, 2.75) is 52.6 Å². The Balaban J connectivity index is 0.00000136. The number of carbonyl (C=O) groups excluding carboxylic acids is 1. The highest BCUT2D eigenvalue weighted by molar-refractivity contribution is 9.10. The van der Waals surface area contributed by atoms with Crippen molar-refractivity contribution in [2.24, 2.45) is 17.5 Å². The molecule has 1 aromatic heterocycles. The van der Waals surface area contributed by atoms with Crippen LogP contribution >= 0.6 is 15.9 Å². The number of hydrazine groups is 1. The fourth-order valence-corrected chi connectivity index (χ4v) is 3.65. The number of hydrogen-bond acceptors (Lipinski definition) is 6. The zero-order chi connectivity index (χ0) is 20.8. The lowest BCUT2D eigenvalue weighted by atomic mass is 10.1. The maximum absolute atomic E-state index is 12.2. The number of aromatic nitrogens is 1. The second-order valence-corrected chi connectivity index (χ2v) is 7.87. The van der Waals surface area contributed by atoms with E-state index in [0.717, 1.165) is 23.0 Å². The molecule has 1 unspecified atom stereocenters. The number of cyclic esters (lactones) is 1. The first-order valence-corrected chi connectivity index (χ1v) is 10.8. The summed E-state index contributed by atoms with van der Waals surface area (Å²) < 4.78 is 6.43. The largest absolute Gasteiger partial charge is 0.444 e. The Hall–Kier alpha value is -1.80. The molecule has 0 aromatic carbocycles. The zero-order valence-electron chi connectivity index (χ0n) is 17.2. The van der Waals surface area contributed by atoms with Crippen molar-refractivity contribution in [1.29, 1.82) is 0 Å². The molecule has 1 aliphatic carbocycles. The first kappa shape index (κ1) is 22.5. The summed E-state index contributed by atoms with van der Waals surface area (Å²) in [6, 6.07) is 3.78. The van der Waals surface area contributed by atoms with E-state index in [1.807, 2.05) is 32.9 Å². The van der Waals surface area contributed by atoms with Gasteiger partial charge in [-0.25, -0.2) is 10.6 Å². The van der Waals surface area contributed by atoms with Gasteiger partial charge in [0.15, 0.2) is 0 Å². The van der Waals surface area contributed by atoms with E-state index in [9.17, 15) is 4.79 Å². The highest BCUT2D eigenvalue weighted by atomic mass is 79.9. The fraction of sp³-hybridized carbons (Fsp3) is 0.600. The number of pyridine rings is 1. The molecule has 2 fully saturated rings. The molecular formula is C20H32BrN5O2. The smallest absolute Gasteiger partial charge is 0.410 e. The van der Waals surface area contributed by atoms with E-state index in [4.69, 9.17) is 16.3 Å². The number of ether oxygens (including phenoxy) is 1. The molecule has 28 heavy (non-hydrogen) atoms. The molecule has 0 radical (unpaired) electrons. The van der Waals surface area contributed by atoms with Crippen LogP contribution in [0.5, 0.6) is 0 Å². The number of nitrogens with zero attached hydrogens (tertiary/aromatic N) is 3. The van der Waals surface area contributed by atoms with Crippen molar-refractivity contribution in [1.82, 2.24) is 14.9 Å². The Morgan fingerprint density at radius 2 is 2.07 bits per heavy atom. The monoisotopic (exact) mass is 453 g/mol. The number of carbonyl (C=O) groups is 1. The number of aryl methyl sites for hydroxylation is 1. The van der Waals surface area contributed by atoms with Crippen molar-refractivity contribution in [3.63, 3.8) is 0 Å². The average molecular weight is 454 g/mol. The lowest BCUT2D eigenvalue weighted by Crippen LogP contribution is -2.37. The van der Waals surface area contributed by atoms with E-state index in [2.05, 4.69) is 20.9 Å². The Labute approximate surface area is 176 Å². The Morgan fingerprint density at radius 3 is 2.64 bits per heavy atom. The number of halogens is 1. The molecule has 3 rings (SSSR count). The summed E-state index contributed by atoms with van der Waals surface area (Å²) in [5.41, 5.74) is 9.05. The topological polar surface area (TPSA) is 97.7 Å². The van der Waals surface area contributed by atoms with Gasteiger partial charge in [-0.2, -0.15) is 0 Å². The van der Waals surface area contributed by atoms with Crippen LogP contribution in [0.3, 0.4) is 0 Å². The maximum atomic E-state index is 12.2. The van der Waals surface area contributed by atoms with E-state index in [1.54, 1.807) is 11.9 Å². The van der Waals surface area contributed by atoms with Gasteiger partial charge in [0.2, 0.25) is 0 Å². The summed E-state index contributed by atoms with van der Waals surface area (Å²) in [5, 5.41) is 1.45. The van der Waals surface area contributed by atoms with Crippen LogP contribution in [-0.2, 0) is 11.2 Å². The number of amides is 1. The summed E-state index contributed by atoms with van der Waals surface area (Å²) in [4.78, 5) is 18.5. The van der Waals surface area contributed by atoms with Crippen molar-refractivity contribution in [3.05, 3.63) is 33.7 Å². The van der Waals surface area contributed by atoms with Crippen LogP contribution in [0.25, 0.3) is 5.70 Å². The van der Waals surface area contributed by atoms with Gasteiger partial charge >= 0.3 is 6.09 Å². The predicted molar refractivity (Wildman–Crippen MR) is 115 cm³/mol. The van der Waals surface area contributed by atoms with Crippen LogP contribution in [0.15, 0.2) is 22.3 Å². The molecule has 1 saturated heterocycles. The Kier molecular flexibility index (Phi) is 8.12. The Morgan fingerprint density at radius 1 is 1.39 bits per heavy atom. The number of nitrogens with two attached hydrogens (primary N) is 2. The van der Waals surface area contributed by atoms with Crippen molar-refractivity contribution >= 4 is 27.7 Å². The van der Waals surface area contributed by atoms with E-state index in [1.165, 1.54) is 17.9 Å². The number of likely N-dealkylation sites (N-methyl/N-ethyl adjacent to an activating group) is 1. The summed E-state index contributed by atoms with van der Waals surface area (Å²) in [6.07, 6.45) is 3.89. The first-order valence-electron chi connectivity index (χ1n) is 9.97. The first-order chi connectivity index (χ1) is 13.4. The van der Waals surface area contributed by atoms with Crippen LogP contribution in [0, 0.1) is 5.92 Å². The summed E-state index contributed by atoms with van der Waals surface area (Å²) in [5.74, 6) is 6.72. The molecule has 0 spiro atoms. The second-order valence-electron chi connectivity index (χ2n) is 7.02. The van der Waals surface area contributed by atoms with Crippen molar-refractivity contribution in [3.8, 4) is 0 Å². The highest BCUT2D eigenvalue weighted by Crippen LogP contribution is 2.35. The molecule has 4 N–H and O–H groups in total. The minimum absolute atomic E-state index is 0.0296. The minimum atomic E-state index is -0.305. The van der Waals surface area contributed by atoms with Crippen LogP contribution in [-0.4, -0.2) is 47.2 Å². The van der Waals surface area contributed by atoms with Crippen LogP contribution < -0.4 is 11.6 Å². The molecule has 156 valence electrons. The van der Waals surface area contributed by atoms with Gasteiger partial charge in [-0.15, -0.1) is 0 Å². The molecule has 1 saturated carbocycles. The molecular weight excluding hydrogens is 422 g/mol. The molecule has 1 amide bonds. The molecule has 7 nitrogen and oxygen atoms in total. The molecule has 0 bridgehead atoms. The van der Waals surface area contributed by atoms with Gasteiger partial charge in [0.25, 0.3) is 0 Å². The average Bonchev–Trinajstić information content (AvgIpc) is 3.43. The van der Waals surface area contributed by atoms with E-state index >= 15 is 0 Å². The van der Waals surface area contributed by atoms with Crippen molar-refractivity contribution < 1.29 is 9.53 Å². The molecule has 2 aliphatic rings. The third-order valence-electron chi connectivity index (χ3n) is 4.85. The fourth-order valence-electron chi connectivity index (χ4n) is 3.15. The third kappa shape index (κ3) is 5.61. The molecule has 1 aromatic rings. The van der Waals surface area contributed by atoms with Gasteiger partial charge in [0.1, 0.15) is 6.10 Å².